The predicted octanol–water partition coefficient (Wildman–Crippen LogP) is 3.56. The minimum absolute atomic E-state index is 0.173. The zero-order chi connectivity index (χ0) is 17.6. The van der Waals surface area contributed by atoms with E-state index in [4.69, 9.17) is 8.94 Å². The molecule has 0 aliphatic rings. The van der Waals surface area contributed by atoms with Crippen LogP contribution in [0.5, 0.6) is 0 Å². The van der Waals surface area contributed by atoms with Crippen LogP contribution in [0, 0.1) is 6.92 Å². The molecule has 2 aromatic heterocycles. The smallest absolute Gasteiger partial charge is 0.291 e. The molecule has 0 fully saturated rings. The van der Waals surface area contributed by atoms with Crippen LogP contribution in [0.3, 0.4) is 0 Å². The number of carbonyl (C=O) groups is 2. The van der Waals surface area contributed by atoms with Gasteiger partial charge in [-0.1, -0.05) is 5.16 Å². The molecule has 2 N–H and O–H groups in total. The first-order valence-electron chi connectivity index (χ1n) is 7.41. The highest BCUT2D eigenvalue weighted by atomic mass is 32.2. The van der Waals surface area contributed by atoms with Gasteiger partial charge in [-0.3, -0.25) is 9.59 Å². The molecule has 1 aromatic carbocycles. The SMILES string of the molecule is Cc1cc(NC(=O)CSc2ccc(NC(=O)c3ccco3)cc2)no1. The van der Waals surface area contributed by atoms with Crippen LogP contribution in [-0.2, 0) is 4.79 Å². The summed E-state index contributed by atoms with van der Waals surface area (Å²) in [6.45, 7) is 1.75. The molecule has 3 rings (SSSR count). The Hall–Kier alpha value is -3.00. The van der Waals surface area contributed by atoms with E-state index in [-0.39, 0.29) is 23.3 Å². The Balaban J connectivity index is 1.49. The fourth-order valence-corrected chi connectivity index (χ4v) is 2.69. The van der Waals surface area contributed by atoms with E-state index in [2.05, 4.69) is 15.8 Å². The third kappa shape index (κ3) is 4.74. The number of hydrogen-bond donors (Lipinski definition) is 2. The van der Waals surface area contributed by atoms with Gasteiger partial charge in [-0.05, 0) is 43.3 Å². The molecule has 3 aromatic rings. The molecule has 0 saturated heterocycles. The molecule has 2 heterocycles. The van der Waals surface area contributed by atoms with E-state index in [1.54, 1.807) is 37.3 Å². The van der Waals surface area contributed by atoms with Gasteiger partial charge in [0.2, 0.25) is 5.91 Å². The second kappa shape index (κ2) is 7.71. The van der Waals surface area contributed by atoms with Gasteiger partial charge in [0.05, 0.1) is 12.0 Å². The minimum atomic E-state index is -0.312. The van der Waals surface area contributed by atoms with Crippen LogP contribution in [0.2, 0.25) is 0 Å². The van der Waals surface area contributed by atoms with Gasteiger partial charge in [0, 0.05) is 16.6 Å². The highest BCUT2D eigenvalue weighted by Crippen LogP contribution is 2.21. The quantitative estimate of drug-likeness (QED) is 0.655. The predicted molar refractivity (Wildman–Crippen MR) is 93.7 cm³/mol. The summed E-state index contributed by atoms with van der Waals surface area (Å²) in [5.74, 6) is 1.04. The second-order valence-corrected chi connectivity index (χ2v) is 6.16. The average molecular weight is 357 g/mol. The Kier molecular flexibility index (Phi) is 5.20. The normalized spacial score (nSPS) is 10.4. The van der Waals surface area contributed by atoms with Crippen LogP contribution in [-0.4, -0.2) is 22.7 Å². The van der Waals surface area contributed by atoms with E-state index in [0.717, 1.165) is 4.90 Å². The molecule has 0 aliphatic carbocycles. The van der Waals surface area contributed by atoms with Gasteiger partial charge in [0.25, 0.3) is 5.91 Å². The van der Waals surface area contributed by atoms with Gasteiger partial charge < -0.3 is 19.6 Å². The fourth-order valence-electron chi connectivity index (χ4n) is 1.99. The van der Waals surface area contributed by atoms with Crippen LogP contribution < -0.4 is 10.6 Å². The van der Waals surface area contributed by atoms with Gasteiger partial charge >= 0.3 is 0 Å². The maximum Gasteiger partial charge on any atom is 0.291 e. The van der Waals surface area contributed by atoms with Gasteiger partial charge in [0.1, 0.15) is 5.76 Å². The van der Waals surface area contributed by atoms with Crippen LogP contribution in [0.15, 0.2) is 62.6 Å². The molecule has 25 heavy (non-hydrogen) atoms. The van der Waals surface area contributed by atoms with Crippen molar-refractivity contribution in [2.45, 2.75) is 11.8 Å². The van der Waals surface area contributed by atoms with E-state index < -0.39 is 0 Å². The average Bonchev–Trinajstić information content (AvgIpc) is 3.26. The first kappa shape index (κ1) is 16.8. The van der Waals surface area contributed by atoms with Crippen molar-refractivity contribution < 1.29 is 18.5 Å². The largest absolute Gasteiger partial charge is 0.459 e. The Morgan fingerprint density at radius 1 is 1.16 bits per heavy atom. The van der Waals surface area contributed by atoms with E-state index in [0.29, 0.717) is 17.3 Å². The van der Waals surface area contributed by atoms with Crippen molar-refractivity contribution in [3.63, 3.8) is 0 Å². The Labute approximate surface area is 147 Å². The summed E-state index contributed by atoms with van der Waals surface area (Å²) < 4.78 is 9.92. The number of furan rings is 1. The molecule has 0 aliphatic heterocycles. The molecule has 0 unspecified atom stereocenters. The van der Waals surface area contributed by atoms with Crippen molar-refractivity contribution in [2.24, 2.45) is 0 Å². The number of aryl methyl sites for hydroxylation is 1. The number of nitrogens with one attached hydrogen (secondary N) is 2. The zero-order valence-electron chi connectivity index (χ0n) is 13.3. The molecule has 0 bridgehead atoms. The maximum absolute atomic E-state index is 11.9. The minimum Gasteiger partial charge on any atom is -0.459 e. The van der Waals surface area contributed by atoms with E-state index >= 15 is 0 Å². The second-order valence-electron chi connectivity index (χ2n) is 5.12. The van der Waals surface area contributed by atoms with Gasteiger partial charge in [-0.2, -0.15) is 0 Å². The summed E-state index contributed by atoms with van der Waals surface area (Å²) in [6, 6.07) is 12.1. The number of aromatic nitrogens is 1. The lowest BCUT2D eigenvalue weighted by Gasteiger charge is -2.05. The standard InChI is InChI=1S/C17H15N3O4S/c1-11-9-15(20-24-11)19-16(21)10-25-13-6-4-12(5-7-13)18-17(22)14-3-2-8-23-14/h2-9H,10H2,1H3,(H,18,22)(H,19,20,21). The summed E-state index contributed by atoms with van der Waals surface area (Å²) in [5, 5.41) is 9.09. The lowest BCUT2D eigenvalue weighted by Crippen LogP contribution is -2.14. The highest BCUT2D eigenvalue weighted by Gasteiger charge is 2.09. The van der Waals surface area contributed by atoms with Crippen LogP contribution >= 0.6 is 11.8 Å². The topological polar surface area (TPSA) is 97.4 Å². The number of hydrogen-bond acceptors (Lipinski definition) is 6. The van der Waals surface area contributed by atoms with Crippen molar-refractivity contribution in [3.05, 3.63) is 60.2 Å². The fraction of sp³-hybridized carbons (Fsp3) is 0.118. The Morgan fingerprint density at radius 2 is 1.96 bits per heavy atom. The summed E-state index contributed by atoms with van der Waals surface area (Å²) in [7, 11) is 0. The van der Waals surface area contributed by atoms with E-state index in [9.17, 15) is 9.59 Å². The first-order valence-corrected chi connectivity index (χ1v) is 8.39. The Bertz CT molecular complexity index is 856. The maximum atomic E-state index is 11.9. The molecule has 0 spiro atoms. The third-order valence-electron chi connectivity index (χ3n) is 3.12. The zero-order valence-corrected chi connectivity index (χ0v) is 14.1. The molecule has 8 heteroatoms. The monoisotopic (exact) mass is 357 g/mol. The number of rotatable bonds is 6. The number of nitrogens with zero attached hydrogens (tertiary/aromatic N) is 1. The third-order valence-corrected chi connectivity index (χ3v) is 4.13. The number of carbonyl (C=O) groups excluding carboxylic acids is 2. The van der Waals surface area contributed by atoms with Crippen molar-refractivity contribution in [3.8, 4) is 0 Å². The summed E-state index contributed by atoms with van der Waals surface area (Å²) in [5.41, 5.74) is 0.647. The lowest BCUT2D eigenvalue weighted by atomic mass is 10.3. The Morgan fingerprint density at radius 3 is 2.60 bits per heavy atom. The molecule has 0 atom stereocenters. The molecule has 7 nitrogen and oxygen atoms in total. The van der Waals surface area contributed by atoms with Crippen molar-refractivity contribution in [2.75, 3.05) is 16.4 Å². The van der Waals surface area contributed by atoms with Crippen LogP contribution in [0.25, 0.3) is 0 Å². The van der Waals surface area contributed by atoms with Crippen LogP contribution in [0.4, 0.5) is 11.5 Å². The summed E-state index contributed by atoms with van der Waals surface area (Å²) in [4.78, 5) is 24.6. The molecule has 2 amide bonds. The number of anilines is 2. The van der Waals surface area contributed by atoms with E-state index in [1.807, 2.05) is 12.1 Å². The van der Waals surface area contributed by atoms with Crippen LogP contribution in [0.1, 0.15) is 16.3 Å². The highest BCUT2D eigenvalue weighted by molar-refractivity contribution is 8.00. The van der Waals surface area contributed by atoms with Gasteiger partial charge in [-0.15, -0.1) is 11.8 Å². The molecular weight excluding hydrogens is 342 g/mol. The van der Waals surface area contributed by atoms with Gasteiger partial charge in [-0.25, -0.2) is 0 Å². The van der Waals surface area contributed by atoms with Crippen molar-refractivity contribution in [1.29, 1.82) is 0 Å². The number of thioether (sulfide) groups is 1. The molecular formula is C17H15N3O4S. The molecule has 0 saturated carbocycles. The lowest BCUT2D eigenvalue weighted by molar-refractivity contribution is -0.113. The molecule has 0 radical (unpaired) electrons. The summed E-state index contributed by atoms with van der Waals surface area (Å²) in [6.07, 6.45) is 1.44. The van der Waals surface area contributed by atoms with Crippen molar-refractivity contribution in [1.82, 2.24) is 5.16 Å². The number of benzene rings is 1. The number of amides is 2. The van der Waals surface area contributed by atoms with Gasteiger partial charge in [0.15, 0.2) is 11.6 Å². The summed E-state index contributed by atoms with van der Waals surface area (Å²) >= 11 is 1.38. The first-order chi connectivity index (χ1) is 12.1. The van der Waals surface area contributed by atoms with E-state index in [1.165, 1.54) is 18.0 Å². The van der Waals surface area contributed by atoms with Crippen molar-refractivity contribution >= 4 is 35.1 Å². The molecule has 128 valence electrons.